The summed E-state index contributed by atoms with van der Waals surface area (Å²) in [5.41, 5.74) is 2.00. The van der Waals surface area contributed by atoms with Gasteiger partial charge in [0.05, 0.1) is 0 Å². The van der Waals surface area contributed by atoms with E-state index in [1.807, 2.05) is 13.0 Å². The number of halogens is 2. The Morgan fingerprint density at radius 2 is 2.00 bits per heavy atom. The number of rotatable bonds is 2. The third kappa shape index (κ3) is 2.13. The molecule has 66 valence electrons. The molecular formula is C9H10Cl2O. The minimum absolute atomic E-state index is 0.113. The molecule has 0 aliphatic carbocycles. The molecule has 0 saturated heterocycles. The molecule has 0 aliphatic heterocycles. The van der Waals surface area contributed by atoms with Crippen LogP contribution in [-0.2, 0) is 6.42 Å². The first kappa shape index (κ1) is 9.85. The van der Waals surface area contributed by atoms with Crippen LogP contribution in [-0.4, -0.2) is 11.7 Å². The number of benzene rings is 1. The van der Waals surface area contributed by atoms with Gasteiger partial charge in [0.15, 0.2) is 0 Å². The van der Waals surface area contributed by atoms with Gasteiger partial charge in [-0.05, 0) is 36.6 Å². The van der Waals surface area contributed by atoms with Gasteiger partial charge in [-0.1, -0.05) is 23.2 Å². The average molecular weight is 205 g/mol. The van der Waals surface area contributed by atoms with Crippen LogP contribution >= 0.6 is 23.2 Å². The van der Waals surface area contributed by atoms with Crippen molar-refractivity contribution in [2.45, 2.75) is 13.3 Å². The number of hydrogen-bond acceptors (Lipinski definition) is 1. The fourth-order valence-electron chi connectivity index (χ4n) is 1.16. The van der Waals surface area contributed by atoms with Crippen molar-refractivity contribution in [1.82, 2.24) is 0 Å². The highest BCUT2D eigenvalue weighted by molar-refractivity contribution is 6.35. The molecule has 1 rings (SSSR count). The number of aliphatic hydroxyl groups is 1. The summed E-state index contributed by atoms with van der Waals surface area (Å²) >= 11 is 11.7. The van der Waals surface area contributed by atoms with Crippen LogP contribution in [0.2, 0.25) is 10.0 Å². The van der Waals surface area contributed by atoms with E-state index in [0.717, 1.165) is 11.1 Å². The second-order valence-electron chi connectivity index (χ2n) is 2.66. The van der Waals surface area contributed by atoms with Gasteiger partial charge in [-0.2, -0.15) is 0 Å². The molecule has 0 unspecified atom stereocenters. The lowest BCUT2D eigenvalue weighted by molar-refractivity contribution is 0.299. The Morgan fingerprint density at radius 1 is 1.33 bits per heavy atom. The monoisotopic (exact) mass is 204 g/mol. The van der Waals surface area contributed by atoms with E-state index in [9.17, 15) is 0 Å². The maximum Gasteiger partial charge on any atom is 0.0472 e. The van der Waals surface area contributed by atoms with Crippen molar-refractivity contribution in [3.05, 3.63) is 33.3 Å². The fraction of sp³-hybridized carbons (Fsp3) is 0.333. The normalized spacial score (nSPS) is 10.3. The van der Waals surface area contributed by atoms with Crippen LogP contribution in [0, 0.1) is 6.92 Å². The predicted molar refractivity (Wildman–Crippen MR) is 52.0 cm³/mol. The molecule has 0 saturated carbocycles. The Bertz CT molecular complexity index is 261. The van der Waals surface area contributed by atoms with E-state index < -0.39 is 0 Å². The smallest absolute Gasteiger partial charge is 0.0472 e. The van der Waals surface area contributed by atoms with Gasteiger partial charge in [0.1, 0.15) is 0 Å². The van der Waals surface area contributed by atoms with Crippen LogP contribution in [0.25, 0.3) is 0 Å². The van der Waals surface area contributed by atoms with Crippen LogP contribution in [0.15, 0.2) is 12.1 Å². The minimum atomic E-state index is 0.113. The van der Waals surface area contributed by atoms with Crippen molar-refractivity contribution >= 4 is 23.2 Å². The van der Waals surface area contributed by atoms with Crippen molar-refractivity contribution in [1.29, 1.82) is 0 Å². The van der Waals surface area contributed by atoms with Crippen LogP contribution in [0.4, 0.5) is 0 Å². The maximum absolute atomic E-state index is 8.75. The number of hydrogen-bond donors (Lipinski definition) is 1. The van der Waals surface area contributed by atoms with Crippen LogP contribution < -0.4 is 0 Å². The first-order chi connectivity index (χ1) is 5.65. The summed E-state index contributed by atoms with van der Waals surface area (Å²) in [6.07, 6.45) is 0.585. The SMILES string of the molecule is Cc1cc(Cl)cc(Cl)c1CCO. The molecule has 0 aromatic heterocycles. The van der Waals surface area contributed by atoms with Crippen molar-refractivity contribution in [2.24, 2.45) is 0 Å². The minimum Gasteiger partial charge on any atom is -0.396 e. The fourth-order valence-corrected chi connectivity index (χ4v) is 1.85. The maximum atomic E-state index is 8.75. The van der Waals surface area contributed by atoms with Gasteiger partial charge in [-0.15, -0.1) is 0 Å². The largest absolute Gasteiger partial charge is 0.396 e. The van der Waals surface area contributed by atoms with Gasteiger partial charge in [0.25, 0.3) is 0 Å². The molecule has 1 N–H and O–H groups in total. The van der Waals surface area contributed by atoms with Crippen LogP contribution in [0.1, 0.15) is 11.1 Å². The Balaban J connectivity index is 3.10. The highest BCUT2D eigenvalue weighted by Gasteiger charge is 2.04. The third-order valence-electron chi connectivity index (χ3n) is 1.75. The first-order valence-corrected chi connectivity index (χ1v) is 4.46. The van der Waals surface area contributed by atoms with E-state index in [2.05, 4.69) is 0 Å². The third-order valence-corrected chi connectivity index (χ3v) is 2.30. The number of aliphatic hydroxyl groups excluding tert-OH is 1. The summed E-state index contributed by atoms with van der Waals surface area (Å²) in [6, 6.07) is 3.54. The molecule has 0 radical (unpaired) electrons. The van der Waals surface area contributed by atoms with Gasteiger partial charge < -0.3 is 5.11 Å². The van der Waals surface area contributed by atoms with Gasteiger partial charge in [0, 0.05) is 16.7 Å². The van der Waals surface area contributed by atoms with Gasteiger partial charge in [0.2, 0.25) is 0 Å². The summed E-state index contributed by atoms with van der Waals surface area (Å²) in [5.74, 6) is 0. The molecule has 12 heavy (non-hydrogen) atoms. The zero-order valence-electron chi connectivity index (χ0n) is 6.77. The molecule has 0 amide bonds. The van der Waals surface area contributed by atoms with E-state index in [1.54, 1.807) is 6.07 Å². The van der Waals surface area contributed by atoms with Gasteiger partial charge >= 0.3 is 0 Å². The zero-order valence-corrected chi connectivity index (χ0v) is 8.28. The first-order valence-electron chi connectivity index (χ1n) is 3.70. The topological polar surface area (TPSA) is 20.2 Å². The molecule has 3 heteroatoms. The molecule has 0 spiro atoms. The highest BCUT2D eigenvalue weighted by atomic mass is 35.5. The van der Waals surface area contributed by atoms with Gasteiger partial charge in [-0.3, -0.25) is 0 Å². The molecule has 1 aromatic rings. The average Bonchev–Trinajstić information content (AvgIpc) is 1.96. The quantitative estimate of drug-likeness (QED) is 0.786. The van der Waals surface area contributed by atoms with Crippen molar-refractivity contribution in [3.8, 4) is 0 Å². The molecule has 0 bridgehead atoms. The summed E-state index contributed by atoms with van der Waals surface area (Å²) < 4.78 is 0. The molecule has 0 atom stereocenters. The lowest BCUT2D eigenvalue weighted by atomic mass is 10.1. The van der Waals surface area contributed by atoms with E-state index in [4.69, 9.17) is 28.3 Å². The summed E-state index contributed by atoms with van der Waals surface area (Å²) in [7, 11) is 0. The van der Waals surface area contributed by atoms with Crippen molar-refractivity contribution in [3.63, 3.8) is 0 Å². The highest BCUT2D eigenvalue weighted by Crippen LogP contribution is 2.24. The predicted octanol–water partition coefficient (Wildman–Crippen LogP) is 2.84. The Morgan fingerprint density at radius 3 is 2.50 bits per heavy atom. The molecule has 0 heterocycles. The molecule has 0 aliphatic rings. The van der Waals surface area contributed by atoms with Crippen LogP contribution in [0.5, 0.6) is 0 Å². The lowest BCUT2D eigenvalue weighted by Crippen LogP contribution is -1.95. The van der Waals surface area contributed by atoms with Crippen LogP contribution in [0.3, 0.4) is 0 Å². The van der Waals surface area contributed by atoms with Crippen molar-refractivity contribution in [2.75, 3.05) is 6.61 Å². The van der Waals surface area contributed by atoms with Gasteiger partial charge in [-0.25, -0.2) is 0 Å². The standard InChI is InChI=1S/C9H10Cl2O/c1-6-4-7(10)5-9(11)8(6)2-3-12/h4-5,12H,2-3H2,1H3. The van der Waals surface area contributed by atoms with E-state index in [-0.39, 0.29) is 6.61 Å². The molecule has 1 nitrogen and oxygen atoms in total. The lowest BCUT2D eigenvalue weighted by Gasteiger charge is -2.06. The second kappa shape index (κ2) is 4.13. The molecule has 1 aromatic carbocycles. The summed E-state index contributed by atoms with van der Waals surface area (Å²) in [5, 5.41) is 10.0. The summed E-state index contributed by atoms with van der Waals surface area (Å²) in [6.45, 7) is 2.05. The summed E-state index contributed by atoms with van der Waals surface area (Å²) in [4.78, 5) is 0. The number of aryl methyl sites for hydroxylation is 1. The Kier molecular flexibility index (Phi) is 3.39. The zero-order chi connectivity index (χ0) is 9.14. The molecular weight excluding hydrogens is 195 g/mol. The van der Waals surface area contributed by atoms with Crippen molar-refractivity contribution < 1.29 is 5.11 Å². The molecule has 0 fully saturated rings. The van der Waals surface area contributed by atoms with E-state index in [1.165, 1.54) is 0 Å². The van der Waals surface area contributed by atoms with E-state index in [0.29, 0.717) is 16.5 Å². The Hall–Kier alpha value is -0.240. The van der Waals surface area contributed by atoms with E-state index >= 15 is 0 Å². The second-order valence-corrected chi connectivity index (χ2v) is 3.50. The Labute approximate surface area is 81.9 Å².